The lowest BCUT2D eigenvalue weighted by Gasteiger charge is -2.23. The number of ether oxygens (including phenoxy) is 1. The van der Waals surface area contributed by atoms with E-state index < -0.39 is 5.60 Å². The molecule has 1 fully saturated rings. The van der Waals surface area contributed by atoms with Gasteiger partial charge in [0.2, 0.25) is 0 Å². The zero-order valence-corrected chi connectivity index (χ0v) is 19.3. The number of carbonyl (C=O) groups is 1. The standard InChI is InChI=1S/C21H28N4O2.HI/c1-21(2,3)27-19(26)16-10-12-25(14-16)20(22-4)24-13-18-17-8-6-5-7-15(17)9-11-23-18;/h5-9,11,16H,10,12-14H2,1-4H3,(H,22,24);1H. The Bertz CT molecular complexity index is 842. The topological polar surface area (TPSA) is 66.8 Å². The highest BCUT2D eigenvalue weighted by Crippen LogP contribution is 2.21. The number of fused-ring (bicyclic) bond motifs is 1. The minimum absolute atomic E-state index is 0. The lowest BCUT2D eigenvalue weighted by atomic mass is 10.1. The van der Waals surface area contributed by atoms with E-state index in [0.717, 1.165) is 30.0 Å². The lowest BCUT2D eigenvalue weighted by molar-refractivity contribution is -0.159. The van der Waals surface area contributed by atoms with Crippen molar-refractivity contribution in [3.8, 4) is 0 Å². The smallest absolute Gasteiger partial charge is 0.311 e. The Labute approximate surface area is 183 Å². The average molecular weight is 496 g/mol. The van der Waals surface area contributed by atoms with Crippen molar-refractivity contribution >= 4 is 46.7 Å². The lowest BCUT2D eigenvalue weighted by Crippen LogP contribution is -2.40. The van der Waals surface area contributed by atoms with E-state index in [0.29, 0.717) is 13.1 Å². The van der Waals surface area contributed by atoms with Crippen LogP contribution in [-0.4, -0.2) is 47.6 Å². The van der Waals surface area contributed by atoms with Crippen LogP contribution in [0.1, 0.15) is 32.9 Å². The van der Waals surface area contributed by atoms with E-state index in [2.05, 4.69) is 32.3 Å². The molecule has 1 aromatic heterocycles. The average Bonchev–Trinajstić information content (AvgIpc) is 3.11. The molecule has 0 saturated carbocycles. The Hall–Kier alpha value is -1.90. The molecule has 3 rings (SSSR count). The fourth-order valence-electron chi connectivity index (χ4n) is 3.35. The Morgan fingerprint density at radius 1 is 1.32 bits per heavy atom. The normalized spacial score (nSPS) is 17.4. The number of aromatic nitrogens is 1. The monoisotopic (exact) mass is 496 g/mol. The molecule has 152 valence electrons. The van der Waals surface area contributed by atoms with Crippen LogP contribution in [0.3, 0.4) is 0 Å². The van der Waals surface area contributed by atoms with Gasteiger partial charge in [0.1, 0.15) is 5.60 Å². The van der Waals surface area contributed by atoms with Gasteiger partial charge in [-0.15, -0.1) is 24.0 Å². The van der Waals surface area contributed by atoms with Crippen LogP contribution in [0.4, 0.5) is 0 Å². The third-order valence-electron chi connectivity index (χ3n) is 4.61. The van der Waals surface area contributed by atoms with Crippen LogP contribution in [0.5, 0.6) is 0 Å². The molecular formula is C21H29IN4O2. The number of halogens is 1. The van der Waals surface area contributed by atoms with Crippen LogP contribution >= 0.6 is 24.0 Å². The highest BCUT2D eigenvalue weighted by molar-refractivity contribution is 14.0. The number of esters is 1. The van der Waals surface area contributed by atoms with Gasteiger partial charge in [-0.05, 0) is 38.6 Å². The molecule has 1 aromatic carbocycles. The van der Waals surface area contributed by atoms with Crippen molar-refractivity contribution in [2.75, 3.05) is 20.1 Å². The molecule has 0 bridgehead atoms. The van der Waals surface area contributed by atoms with Gasteiger partial charge in [0.05, 0.1) is 18.2 Å². The fourth-order valence-corrected chi connectivity index (χ4v) is 3.35. The molecule has 7 heteroatoms. The van der Waals surface area contributed by atoms with Crippen molar-refractivity contribution in [3.05, 3.63) is 42.2 Å². The van der Waals surface area contributed by atoms with Crippen LogP contribution in [0.2, 0.25) is 0 Å². The number of carbonyl (C=O) groups excluding carboxylic acids is 1. The SMILES string of the molecule is CN=C(NCc1nccc2ccccc12)N1CCC(C(=O)OC(C)(C)C)C1.I. The van der Waals surface area contributed by atoms with E-state index in [1.54, 1.807) is 7.05 Å². The van der Waals surface area contributed by atoms with Gasteiger partial charge in [-0.1, -0.05) is 24.3 Å². The molecule has 1 N–H and O–H groups in total. The number of guanidine groups is 1. The quantitative estimate of drug-likeness (QED) is 0.305. The molecule has 2 heterocycles. The van der Waals surface area contributed by atoms with Gasteiger partial charge < -0.3 is 15.0 Å². The second-order valence-corrected chi connectivity index (χ2v) is 7.84. The van der Waals surface area contributed by atoms with Crippen molar-refractivity contribution in [1.29, 1.82) is 0 Å². The van der Waals surface area contributed by atoms with Crippen molar-refractivity contribution < 1.29 is 9.53 Å². The zero-order chi connectivity index (χ0) is 19.4. The molecule has 0 spiro atoms. The first-order valence-electron chi connectivity index (χ1n) is 9.38. The third kappa shape index (κ3) is 5.56. The molecule has 0 aliphatic carbocycles. The van der Waals surface area contributed by atoms with E-state index in [-0.39, 0.29) is 35.9 Å². The molecule has 1 aliphatic heterocycles. The van der Waals surface area contributed by atoms with Gasteiger partial charge >= 0.3 is 5.97 Å². The number of nitrogens with one attached hydrogen (secondary N) is 1. The van der Waals surface area contributed by atoms with E-state index in [4.69, 9.17) is 4.74 Å². The molecule has 1 saturated heterocycles. The molecule has 1 atom stereocenters. The van der Waals surface area contributed by atoms with Gasteiger partial charge in [-0.3, -0.25) is 14.8 Å². The number of hydrogen-bond acceptors (Lipinski definition) is 4. The molecule has 1 aliphatic rings. The van der Waals surface area contributed by atoms with Crippen LogP contribution in [0, 0.1) is 5.92 Å². The van der Waals surface area contributed by atoms with Crippen molar-refractivity contribution in [2.24, 2.45) is 10.9 Å². The Kier molecular flexibility index (Phi) is 7.63. The summed E-state index contributed by atoms with van der Waals surface area (Å²) in [5.41, 5.74) is 0.530. The van der Waals surface area contributed by atoms with E-state index in [9.17, 15) is 4.79 Å². The number of nitrogens with zero attached hydrogens (tertiary/aromatic N) is 3. The van der Waals surface area contributed by atoms with Gasteiger partial charge in [-0.2, -0.15) is 0 Å². The number of aliphatic imine (C=N–C) groups is 1. The van der Waals surface area contributed by atoms with Crippen LogP contribution in [0.15, 0.2) is 41.5 Å². The predicted molar refractivity (Wildman–Crippen MR) is 123 cm³/mol. The summed E-state index contributed by atoms with van der Waals surface area (Å²) in [6.45, 7) is 7.69. The largest absolute Gasteiger partial charge is 0.460 e. The summed E-state index contributed by atoms with van der Waals surface area (Å²) in [5.74, 6) is 0.547. The van der Waals surface area contributed by atoms with Crippen molar-refractivity contribution in [1.82, 2.24) is 15.2 Å². The van der Waals surface area contributed by atoms with E-state index >= 15 is 0 Å². The molecule has 0 radical (unpaired) electrons. The van der Waals surface area contributed by atoms with Crippen LogP contribution < -0.4 is 5.32 Å². The number of likely N-dealkylation sites (tertiary alicyclic amines) is 1. The van der Waals surface area contributed by atoms with Gasteiger partial charge in [0.25, 0.3) is 0 Å². The summed E-state index contributed by atoms with van der Waals surface area (Å²) in [6, 6.07) is 10.2. The van der Waals surface area contributed by atoms with E-state index in [1.165, 1.54) is 5.39 Å². The summed E-state index contributed by atoms with van der Waals surface area (Å²) in [7, 11) is 1.76. The minimum Gasteiger partial charge on any atom is -0.460 e. The molecule has 2 aromatic rings. The summed E-state index contributed by atoms with van der Waals surface area (Å²) in [6.07, 6.45) is 2.61. The van der Waals surface area contributed by atoms with Crippen LogP contribution in [0.25, 0.3) is 10.8 Å². The van der Waals surface area contributed by atoms with Crippen molar-refractivity contribution in [2.45, 2.75) is 39.3 Å². The maximum atomic E-state index is 12.3. The number of pyridine rings is 1. The van der Waals surface area contributed by atoms with Crippen molar-refractivity contribution in [3.63, 3.8) is 0 Å². The summed E-state index contributed by atoms with van der Waals surface area (Å²) >= 11 is 0. The maximum Gasteiger partial charge on any atom is 0.311 e. The molecule has 28 heavy (non-hydrogen) atoms. The number of benzene rings is 1. The highest BCUT2D eigenvalue weighted by atomic mass is 127. The van der Waals surface area contributed by atoms with Crippen LogP contribution in [-0.2, 0) is 16.1 Å². The highest BCUT2D eigenvalue weighted by Gasteiger charge is 2.33. The second-order valence-electron chi connectivity index (χ2n) is 7.84. The molecule has 1 unspecified atom stereocenters. The fraction of sp³-hybridized carbons (Fsp3) is 0.476. The third-order valence-corrected chi connectivity index (χ3v) is 4.61. The molecular weight excluding hydrogens is 467 g/mol. The van der Waals surface area contributed by atoms with Gasteiger partial charge in [0.15, 0.2) is 5.96 Å². The number of hydrogen-bond donors (Lipinski definition) is 1. The van der Waals surface area contributed by atoms with Gasteiger partial charge in [-0.25, -0.2) is 0 Å². The summed E-state index contributed by atoms with van der Waals surface area (Å²) in [4.78, 5) is 23.3. The summed E-state index contributed by atoms with van der Waals surface area (Å²) < 4.78 is 5.52. The first-order valence-corrected chi connectivity index (χ1v) is 9.38. The second kappa shape index (κ2) is 9.54. The molecule has 0 amide bonds. The predicted octanol–water partition coefficient (Wildman–Crippen LogP) is 3.59. The first-order chi connectivity index (χ1) is 12.9. The first kappa shape index (κ1) is 22.4. The zero-order valence-electron chi connectivity index (χ0n) is 16.9. The minimum atomic E-state index is -0.454. The maximum absolute atomic E-state index is 12.3. The summed E-state index contributed by atoms with van der Waals surface area (Å²) in [5, 5.41) is 5.70. The molecule has 6 nitrogen and oxygen atoms in total. The van der Waals surface area contributed by atoms with Gasteiger partial charge in [0, 0.05) is 31.7 Å². The van der Waals surface area contributed by atoms with E-state index in [1.807, 2.05) is 45.2 Å². The Morgan fingerprint density at radius 2 is 2.07 bits per heavy atom. The Morgan fingerprint density at radius 3 is 2.79 bits per heavy atom. The number of rotatable bonds is 3. The Balaban J connectivity index is 0.00000280.